The number of benzene rings is 1. The maximum atomic E-state index is 7.32. The Bertz CT molecular complexity index is 1110. The molecule has 0 aliphatic carbocycles. The molecule has 1 atom stereocenters. The highest BCUT2D eigenvalue weighted by molar-refractivity contribution is 5.96. The van der Waals surface area contributed by atoms with Crippen molar-refractivity contribution in [3.8, 4) is 28.7 Å². The molecule has 1 unspecified atom stereocenters. The number of fused-ring (bicyclic) bond motifs is 3. The Kier molecular flexibility index (Phi) is 10.6. The first-order chi connectivity index (χ1) is 16.7. The van der Waals surface area contributed by atoms with Crippen molar-refractivity contribution in [2.24, 2.45) is 10.7 Å². The summed E-state index contributed by atoms with van der Waals surface area (Å²) in [5.74, 6) is 1.97. The zero-order valence-corrected chi connectivity index (χ0v) is 20.6. The number of rotatable bonds is 2. The fraction of sp³-hybridized carbons (Fsp3) is 0.346. The van der Waals surface area contributed by atoms with E-state index in [0.29, 0.717) is 30.6 Å². The summed E-state index contributed by atoms with van der Waals surface area (Å²) in [5.41, 5.74) is 9.58. The van der Waals surface area contributed by atoms with Gasteiger partial charge in [-0.15, -0.1) is 0 Å². The van der Waals surface area contributed by atoms with Crippen molar-refractivity contribution in [2.45, 2.75) is 40.7 Å². The molecule has 178 valence electrons. The van der Waals surface area contributed by atoms with Gasteiger partial charge in [-0.25, -0.2) is 15.0 Å². The molecule has 0 bridgehead atoms. The van der Waals surface area contributed by atoms with Gasteiger partial charge in [-0.3, -0.25) is 4.98 Å². The number of pyridine rings is 1. The van der Waals surface area contributed by atoms with Gasteiger partial charge < -0.3 is 15.4 Å². The quantitative estimate of drug-likeness (QED) is 0.574. The summed E-state index contributed by atoms with van der Waals surface area (Å²) < 4.78 is 5.56. The first-order valence-corrected chi connectivity index (χ1v) is 11.6. The average Bonchev–Trinajstić information content (AvgIpc) is 2.92. The minimum absolute atomic E-state index is 0.0727. The number of amidine groups is 1. The van der Waals surface area contributed by atoms with Gasteiger partial charge >= 0.3 is 0 Å². The number of nitrogens with two attached hydrogens (primary N) is 1. The van der Waals surface area contributed by atoms with Gasteiger partial charge in [-0.1, -0.05) is 58.0 Å². The molecule has 2 aliphatic heterocycles. The fourth-order valence-corrected chi connectivity index (χ4v) is 3.51. The van der Waals surface area contributed by atoms with Crippen LogP contribution < -0.4 is 10.6 Å². The number of anilines is 1. The predicted octanol–water partition coefficient (Wildman–Crippen LogP) is 5.00. The van der Waals surface area contributed by atoms with Crippen molar-refractivity contribution < 1.29 is 4.74 Å². The number of aromatic nitrogens is 3. The third-order valence-corrected chi connectivity index (χ3v) is 4.84. The lowest BCUT2D eigenvalue weighted by molar-refractivity contribution is 0.109. The first kappa shape index (κ1) is 26.4. The average molecular weight is 460 g/mol. The van der Waals surface area contributed by atoms with Crippen molar-refractivity contribution >= 4 is 17.3 Å². The Labute approximate surface area is 202 Å². The van der Waals surface area contributed by atoms with E-state index in [2.05, 4.69) is 19.9 Å². The summed E-state index contributed by atoms with van der Waals surface area (Å²) in [5, 5.41) is 7.32. The number of nitriles is 1. The van der Waals surface area contributed by atoms with E-state index in [1.54, 1.807) is 18.5 Å². The van der Waals surface area contributed by atoms with Crippen LogP contribution in [0.15, 0.2) is 59.9 Å². The molecule has 2 N–H and O–H groups in total. The Balaban J connectivity index is 0.000000531. The van der Waals surface area contributed by atoms with E-state index in [9.17, 15) is 0 Å². The molecule has 1 saturated heterocycles. The van der Waals surface area contributed by atoms with Gasteiger partial charge in [-0.2, -0.15) is 5.26 Å². The lowest BCUT2D eigenvalue weighted by atomic mass is 10.1. The molecule has 0 radical (unpaired) electrons. The molecule has 0 saturated carbocycles. The summed E-state index contributed by atoms with van der Waals surface area (Å²) >= 11 is 0. The van der Waals surface area contributed by atoms with Crippen LogP contribution in [0, 0.1) is 11.3 Å². The van der Waals surface area contributed by atoms with Gasteiger partial charge in [0.1, 0.15) is 17.6 Å². The Morgan fingerprint density at radius 2 is 1.76 bits per heavy atom. The fourth-order valence-electron chi connectivity index (χ4n) is 3.51. The molecule has 8 nitrogen and oxygen atoms in total. The number of hydrogen-bond donors (Lipinski definition) is 1. The zero-order valence-electron chi connectivity index (χ0n) is 20.6. The van der Waals surface area contributed by atoms with Crippen molar-refractivity contribution in [1.29, 1.82) is 5.26 Å². The highest BCUT2D eigenvalue weighted by Crippen LogP contribution is 2.36. The minimum atomic E-state index is -0.0727. The number of ether oxygens (including phenoxy) is 1. The molecule has 8 heteroatoms. The van der Waals surface area contributed by atoms with Crippen LogP contribution in [0.25, 0.3) is 22.6 Å². The molecule has 34 heavy (non-hydrogen) atoms. The van der Waals surface area contributed by atoms with Crippen LogP contribution in [0.5, 0.6) is 0 Å². The molecule has 2 aromatic heterocycles. The Hall–Kier alpha value is -3.83. The van der Waals surface area contributed by atoms with E-state index in [1.165, 1.54) is 6.92 Å². The van der Waals surface area contributed by atoms with Crippen LogP contribution in [0.4, 0.5) is 11.5 Å². The minimum Gasteiger partial charge on any atom is -0.385 e. The maximum Gasteiger partial charge on any atom is 0.163 e. The standard InChI is InChI=1S/C20H18N6O.C2H3N.2C2H6/c21-18-16-12-27-10-9-26(16)20-15(24-18)11-23-19(25-20)14-7-4-8-22-17(14)13-5-2-1-3-6-13;1-2-3;2*1-2/h1-8,11,16H,9-10,12H2,(H2,21,24);1H3;2*1-2H3. The van der Waals surface area contributed by atoms with Gasteiger partial charge in [0.2, 0.25) is 0 Å². The monoisotopic (exact) mass is 459 g/mol. The molecule has 5 rings (SSSR count). The maximum absolute atomic E-state index is 7.32. The second-order valence-electron chi connectivity index (χ2n) is 6.71. The summed E-state index contributed by atoms with van der Waals surface area (Å²) in [6, 6.07) is 15.6. The third kappa shape index (κ3) is 5.94. The van der Waals surface area contributed by atoms with Crippen molar-refractivity contribution in [3.63, 3.8) is 0 Å². The van der Waals surface area contributed by atoms with Gasteiger partial charge in [0.05, 0.1) is 31.2 Å². The van der Waals surface area contributed by atoms with Crippen molar-refractivity contribution in [3.05, 3.63) is 54.9 Å². The lowest BCUT2D eigenvalue weighted by Gasteiger charge is -2.38. The number of morpholine rings is 1. The van der Waals surface area contributed by atoms with Gasteiger partial charge in [0.15, 0.2) is 11.6 Å². The summed E-state index contributed by atoms with van der Waals surface area (Å²) in [6.07, 6.45) is 3.52. The Morgan fingerprint density at radius 1 is 1.06 bits per heavy atom. The molecule has 1 aromatic carbocycles. The van der Waals surface area contributed by atoms with Gasteiger partial charge in [0, 0.05) is 30.8 Å². The van der Waals surface area contributed by atoms with Crippen molar-refractivity contribution in [2.75, 3.05) is 24.7 Å². The van der Waals surface area contributed by atoms with E-state index in [0.717, 1.165) is 29.2 Å². The highest BCUT2D eigenvalue weighted by atomic mass is 16.5. The second-order valence-corrected chi connectivity index (χ2v) is 6.71. The van der Waals surface area contributed by atoms with Gasteiger partial charge in [0.25, 0.3) is 0 Å². The van der Waals surface area contributed by atoms with E-state index in [4.69, 9.17) is 20.7 Å². The molecule has 0 amide bonds. The second kappa shape index (κ2) is 13.7. The van der Waals surface area contributed by atoms with E-state index >= 15 is 0 Å². The first-order valence-electron chi connectivity index (χ1n) is 11.6. The summed E-state index contributed by atoms with van der Waals surface area (Å²) in [7, 11) is 0. The smallest absolute Gasteiger partial charge is 0.163 e. The molecule has 3 aromatic rings. The molecule has 4 heterocycles. The topological polar surface area (TPSA) is 113 Å². The zero-order chi connectivity index (χ0) is 24.9. The molecule has 2 aliphatic rings. The summed E-state index contributed by atoms with van der Waals surface area (Å²) in [4.78, 5) is 20.6. The van der Waals surface area contributed by atoms with E-state index in [-0.39, 0.29) is 6.04 Å². The molecular weight excluding hydrogens is 426 g/mol. The molecular formula is C26H33N7O. The van der Waals surface area contributed by atoms with Gasteiger partial charge in [-0.05, 0) is 12.1 Å². The largest absolute Gasteiger partial charge is 0.385 e. The number of nitrogens with zero attached hydrogens (tertiary/aromatic N) is 6. The van der Waals surface area contributed by atoms with Crippen molar-refractivity contribution in [1.82, 2.24) is 15.0 Å². The third-order valence-electron chi connectivity index (χ3n) is 4.84. The van der Waals surface area contributed by atoms with Crippen LogP contribution in [0.2, 0.25) is 0 Å². The predicted molar refractivity (Wildman–Crippen MR) is 138 cm³/mol. The van der Waals surface area contributed by atoms with Crippen LogP contribution in [-0.2, 0) is 4.74 Å². The van der Waals surface area contributed by atoms with Crippen LogP contribution in [0.3, 0.4) is 0 Å². The lowest BCUT2D eigenvalue weighted by Crippen LogP contribution is -2.54. The van der Waals surface area contributed by atoms with Crippen LogP contribution >= 0.6 is 0 Å². The van der Waals surface area contributed by atoms with E-state index < -0.39 is 0 Å². The molecule has 1 fully saturated rings. The number of hydrogen-bond acceptors (Lipinski definition) is 8. The SMILES string of the molecule is CC.CC.CC#N.NC1=Nc2cnc(-c3cccnc3-c3ccccc3)nc2N2CCOCC12. The highest BCUT2D eigenvalue weighted by Gasteiger charge is 2.33. The molecule has 0 spiro atoms. The summed E-state index contributed by atoms with van der Waals surface area (Å²) in [6.45, 7) is 11.3. The number of aliphatic imine (C=N–C) groups is 1. The van der Waals surface area contributed by atoms with Crippen LogP contribution in [0.1, 0.15) is 34.6 Å². The Morgan fingerprint density at radius 3 is 2.47 bits per heavy atom. The normalized spacial score (nSPS) is 15.2. The van der Waals surface area contributed by atoms with Crippen LogP contribution in [-0.4, -0.2) is 46.6 Å². The van der Waals surface area contributed by atoms with E-state index in [1.807, 2.05) is 70.2 Å².